The minimum absolute atomic E-state index is 0.246. The summed E-state index contributed by atoms with van der Waals surface area (Å²) in [5.74, 6) is 0.886. The highest BCUT2D eigenvalue weighted by Gasteiger charge is 2.14. The molecule has 4 aromatic rings. The van der Waals surface area contributed by atoms with Crippen LogP contribution in [0, 0.1) is 6.92 Å². The van der Waals surface area contributed by atoms with E-state index in [1.165, 1.54) is 12.7 Å². The third-order valence-electron chi connectivity index (χ3n) is 4.61. The Hall–Kier alpha value is -4.14. The molecule has 30 heavy (non-hydrogen) atoms. The SMILES string of the molecule is C=C(C)c1cc(NC(=O)c2ccc(C)c(Nc3ncnc4cncnc34)c2)n(C)n1. The van der Waals surface area contributed by atoms with Crippen LogP contribution in [-0.2, 0) is 7.05 Å². The molecule has 0 saturated heterocycles. The number of benzene rings is 1. The molecule has 0 aliphatic rings. The van der Waals surface area contributed by atoms with Crippen LogP contribution in [0.2, 0.25) is 0 Å². The smallest absolute Gasteiger partial charge is 0.256 e. The molecular weight excluding hydrogens is 380 g/mol. The molecule has 0 aliphatic heterocycles. The van der Waals surface area contributed by atoms with Gasteiger partial charge in [-0.25, -0.2) is 19.9 Å². The molecule has 0 saturated carbocycles. The molecule has 1 amide bonds. The van der Waals surface area contributed by atoms with E-state index >= 15 is 0 Å². The molecule has 0 aliphatic carbocycles. The minimum atomic E-state index is -0.246. The first kappa shape index (κ1) is 19.2. The normalized spacial score (nSPS) is 10.8. The van der Waals surface area contributed by atoms with Crippen LogP contribution >= 0.6 is 0 Å². The molecule has 0 fully saturated rings. The van der Waals surface area contributed by atoms with E-state index in [9.17, 15) is 4.79 Å². The number of aryl methyl sites for hydroxylation is 2. The van der Waals surface area contributed by atoms with Crippen LogP contribution in [0.15, 0.2) is 49.7 Å². The van der Waals surface area contributed by atoms with Gasteiger partial charge < -0.3 is 10.6 Å². The number of amides is 1. The van der Waals surface area contributed by atoms with E-state index in [1.807, 2.05) is 19.9 Å². The van der Waals surface area contributed by atoms with E-state index in [2.05, 4.69) is 42.2 Å². The van der Waals surface area contributed by atoms with Gasteiger partial charge in [-0.05, 0) is 37.1 Å². The molecular formula is C21H20N8O. The first-order valence-corrected chi connectivity index (χ1v) is 9.22. The Labute approximate surface area is 172 Å². The Morgan fingerprint density at radius 1 is 1.13 bits per heavy atom. The van der Waals surface area contributed by atoms with Crippen molar-refractivity contribution in [3.8, 4) is 0 Å². The molecule has 4 rings (SSSR count). The minimum Gasteiger partial charge on any atom is -0.338 e. The number of aromatic nitrogens is 6. The Bertz CT molecular complexity index is 1270. The van der Waals surface area contributed by atoms with Gasteiger partial charge in [-0.1, -0.05) is 12.6 Å². The van der Waals surface area contributed by atoms with Crippen molar-refractivity contribution in [3.05, 3.63) is 66.5 Å². The lowest BCUT2D eigenvalue weighted by molar-refractivity contribution is 0.102. The summed E-state index contributed by atoms with van der Waals surface area (Å²) >= 11 is 0. The van der Waals surface area contributed by atoms with Gasteiger partial charge in [0.15, 0.2) is 5.82 Å². The topological polar surface area (TPSA) is 111 Å². The number of fused-ring (bicyclic) bond motifs is 1. The van der Waals surface area contributed by atoms with Gasteiger partial charge in [-0.2, -0.15) is 5.10 Å². The fraction of sp³-hybridized carbons (Fsp3) is 0.143. The van der Waals surface area contributed by atoms with E-state index in [-0.39, 0.29) is 5.91 Å². The Morgan fingerprint density at radius 2 is 1.97 bits per heavy atom. The zero-order valence-electron chi connectivity index (χ0n) is 16.8. The first-order chi connectivity index (χ1) is 14.4. The van der Waals surface area contributed by atoms with E-state index in [0.717, 1.165) is 22.5 Å². The molecule has 9 nitrogen and oxygen atoms in total. The summed E-state index contributed by atoms with van der Waals surface area (Å²) in [6, 6.07) is 7.21. The van der Waals surface area contributed by atoms with Crippen molar-refractivity contribution in [3.63, 3.8) is 0 Å². The molecule has 3 aromatic heterocycles. The fourth-order valence-electron chi connectivity index (χ4n) is 2.91. The molecule has 9 heteroatoms. The van der Waals surface area contributed by atoms with Crippen LogP contribution in [0.5, 0.6) is 0 Å². The summed E-state index contributed by atoms with van der Waals surface area (Å²) in [7, 11) is 1.77. The zero-order chi connectivity index (χ0) is 21.3. The highest BCUT2D eigenvalue weighted by Crippen LogP contribution is 2.25. The van der Waals surface area contributed by atoms with Crippen molar-refractivity contribution in [2.45, 2.75) is 13.8 Å². The second-order valence-electron chi connectivity index (χ2n) is 6.91. The molecule has 0 bridgehead atoms. The number of allylic oxidation sites excluding steroid dienone is 1. The van der Waals surface area contributed by atoms with Gasteiger partial charge in [0.05, 0.1) is 11.9 Å². The van der Waals surface area contributed by atoms with Crippen LogP contribution in [-0.4, -0.2) is 35.6 Å². The average Bonchev–Trinajstić information content (AvgIpc) is 3.10. The van der Waals surface area contributed by atoms with E-state index in [1.54, 1.807) is 36.1 Å². The number of rotatable bonds is 5. The summed E-state index contributed by atoms with van der Waals surface area (Å²) in [6.45, 7) is 7.70. The zero-order valence-corrected chi connectivity index (χ0v) is 16.8. The molecule has 0 spiro atoms. The van der Waals surface area contributed by atoms with Crippen LogP contribution in [0.25, 0.3) is 16.6 Å². The molecule has 0 unspecified atom stereocenters. The van der Waals surface area contributed by atoms with Crippen LogP contribution in [0.1, 0.15) is 28.5 Å². The molecule has 3 heterocycles. The number of carbonyl (C=O) groups is 1. The lowest BCUT2D eigenvalue weighted by atomic mass is 10.1. The lowest BCUT2D eigenvalue weighted by Gasteiger charge is -2.12. The summed E-state index contributed by atoms with van der Waals surface area (Å²) < 4.78 is 1.61. The number of anilines is 3. The number of carbonyl (C=O) groups excluding carboxylic acids is 1. The van der Waals surface area contributed by atoms with Crippen molar-refractivity contribution < 1.29 is 4.79 Å². The van der Waals surface area contributed by atoms with Crippen molar-refractivity contribution in [1.29, 1.82) is 0 Å². The maximum absolute atomic E-state index is 12.8. The predicted octanol–water partition coefficient (Wildman–Crippen LogP) is 3.49. The Kier molecular flexibility index (Phi) is 4.93. The predicted molar refractivity (Wildman–Crippen MR) is 115 cm³/mol. The van der Waals surface area contributed by atoms with Crippen LogP contribution in [0.3, 0.4) is 0 Å². The van der Waals surface area contributed by atoms with Gasteiger partial charge in [0.25, 0.3) is 5.91 Å². The van der Waals surface area contributed by atoms with Crippen LogP contribution in [0.4, 0.5) is 17.3 Å². The average molecular weight is 400 g/mol. The number of hydrogen-bond donors (Lipinski definition) is 2. The lowest BCUT2D eigenvalue weighted by Crippen LogP contribution is -2.15. The monoisotopic (exact) mass is 400 g/mol. The standard InChI is InChI=1S/C21H20N8O/c1-12(2)15-8-18(29(4)28-15)27-21(30)14-6-5-13(3)16(7-14)26-20-19-17(23-11-25-20)9-22-10-24-19/h5-11H,1H2,2-4H3,(H,27,30)(H,23,25,26). The Morgan fingerprint density at radius 3 is 2.73 bits per heavy atom. The number of hydrogen-bond acceptors (Lipinski definition) is 7. The molecule has 2 N–H and O–H groups in total. The second kappa shape index (κ2) is 7.70. The van der Waals surface area contributed by atoms with E-state index in [4.69, 9.17) is 0 Å². The molecule has 150 valence electrons. The van der Waals surface area contributed by atoms with Crippen molar-refractivity contribution >= 4 is 39.8 Å². The van der Waals surface area contributed by atoms with E-state index < -0.39 is 0 Å². The summed E-state index contributed by atoms with van der Waals surface area (Å²) in [5.41, 5.74) is 4.99. The van der Waals surface area contributed by atoms with Gasteiger partial charge >= 0.3 is 0 Å². The quantitative estimate of drug-likeness (QED) is 0.527. The maximum atomic E-state index is 12.8. The largest absolute Gasteiger partial charge is 0.338 e. The third kappa shape index (κ3) is 3.72. The first-order valence-electron chi connectivity index (χ1n) is 9.22. The van der Waals surface area contributed by atoms with Crippen molar-refractivity contribution in [2.24, 2.45) is 7.05 Å². The fourth-order valence-corrected chi connectivity index (χ4v) is 2.91. The van der Waals surface area contributed by atoms with E-state index in [0.29, 0.717) is 28.2 Å². The third-order valence-corrected chi connectivity index (χ3v) is 4.61. The second-order valence-corrected chi connectivity index (χ2v) is 6.91. The summed E-state index contributed by atoms with van der Waals surface area (Å²) in [6.07, 6.45) is 4.52. The van der Waals surface area contributed by atoms with Gasteiger partial charge in [0.2, 0.25) is 0 Å². The molecule has 0 radical (unpaired) electrons. The van der Waals surface area contributed by atoms with Gasteiger partial charge in [-0.15, -0.1) is 0 Å². The molecule has 1 aromatic carbocycles. The highest BCUT2D eigenvalue weighted by molar-refractivity contribution is 6.04. The summed E-state index contributed by atoms with van der Waals surface area (Å²) in [4.78, 5) is 29.5. The van der Waals surface area contributed by atoms with Gasteiger partial charge in [0, 0.05) is 24.4 Å². The van der Waals surface area contributed by atoms with Gasteiger partial charge in [-0.3, -0.25) is 9.48 Å². The van der Waals surface area contributed by atoms with Crippen molar-refractivity contribution in [1.82, 2.24) is 29.7 Å². The maximum Gasteiger partial charge on any atom is 0.256 e. The number of nitrogens with zero attached hydrogens (tertiary/aromatic N) is 6. The van der Waals surface area contributed by atoms with Crippen LogP contribution < -0.4 is 10.6 Å². The molecule has 0 atom stereocenters. The Balaban J connectivity index is 1.61. The highest BCUT2D eigenvalue weighted by atomic mass is 16.1. The number of nitrogens with one attached hydrogen (secondary N) is 2. The summed E-state index contributed by atoms with van der Waals surface area (Å²) in [5, 5.41) is 10.5. The van der Waals surface area contributed by atoms with Gasteiger partial charge in [0.1, 0.15) is 29.5 Å². The van der Waals surface area contributed by atoms with Crippen molar-refractivity contribution in [2.75, 3.05) is 10.6 Å².